The highest BCUT2D eigenvalue weighted by molar-refractivity contribution is 5.31. The Kier molecular flexibility index (Phi) is 5.64. The number of benzene rings is 2. The summed E-state index contributed by atoms with van der Waals surface area (Å²) in [7, 11) is 1.64. The van der Waals surface area contributed by atoms with Crippen LogP contribution in [0, 0.1) is 0 Å². The molecule has 0 aliphatic rings. The molecule has 2 rings (SSSR count). The number of azide groups is 1. The number of hydrogen-bond acceptors (Lipinski definition) is 3. The van der Waals surface area contributed by atoms with Gasteiger partial charge in [-0.3, -0.25) is 0 Å². The van der Waals surface area contributed by atoms with E-state index < -0.39 is 0 Å². The summed E-state index contributed by atoms with van der Waals surface area (Å²) in [4.78, 5) is 2.85. The normalized spacial score (nSPS) is 11.5. The summed E-state index contributed by atoms with van der Waals surface area (Å²) in [5, 5.41) is 7.11. The summed E-state index contributed by atoms with van der Waals surface area (Å²) in [6.45, 7) is 1.07. The van der Waals surface area contributed by atoms with Gasteiger partial charge >= 0.3 is 0 Å². The fourth-order valence-corrected chi connectivity index (χ4v) is 2.10. The number of rotatable bonds is 7. The van der Waals surface area contributed by atoms with Gasteiger partial charge in [-0.05, 0) is 28.8 Å². The molecule has 2 aromatic rings. The molecule has 0 saturated carbocycles. The van der Waals surface area contributed by atoms with Crippen molar-refractivity contribution in [2.45, 2.75) is 12.6 Å². The van der Waals surface area contributed by atoms with Crippen LogP contribution in [-0.4, -0.2) is 13.7 Å². The van der Waals surface area contributed by atoms with Gasteiger partial charge in [0.15, 0.2) is 0 Å². The largest absolute Gasteiger partial charge is 0.497 e. The monoisotopic (exact) mass is 282 g/mol. The maximum absolute atomic E-state index is 8.55. The molecule has 0 spiro atoms. The molecule has 0 unspecified atom stereocenters. The maximum Gasteiger partial charge on any atom is 0.119 e. The molecule has 0 saturated heterocycles. The standard InChI is InChI=1S/C16H18N4O/c1-21-15-9-5-8-14(10-15)16(12-19-20-17)18-11-13-6-3-2-4-7-13/h2-10,16,18H,11-12H2,1H3/t16-/m0/s1. The molecule has 21 heavy (non-hydrogen) atoms. The molecule has 0 amide bonds. The van der Waals surface area contributed by atoms with E-state index in [0.29, 0.717) is 13.1 Å². The molecule has 0 heterocycles. The van der Waals surface area contributed by atoms with Crippen molar-refractivity contribution in [2.24, 2.45) is 5.11 Å². The Morgan fingerprint density at radius 2 is 2.00 bits per heavy atom. The van der Waals surface area contributed by atoms with Crippen molar-refractivity contribution in [2.75, 3.05) is 13.7 Å². The third kappa shape index (κ3) is 4.53. The second-order valence-corrected chi connectivity index (χ2v) is 4.61. The van der Waals surface area contributed by atoms with Crippen molar-refractivity contribution in [3.8, 4) is 5.75 Å². The van der Waals surface area contributed by atoms with E-state index in [0.717, 1.165) is 11.3 Å². The van der Waals surface area contributed by atoms with Gasteiger partial charge in [0.1, 0.15) is 5.75 Å². The molecule has 0 radical (unpaired) electrons. The van der Waals surface area contributed by atoms with Gasteiger partial charge in [-0.15, -0.1) is 0 Å². The Morgan fingerprint density at radius 3 is 2.71 bits per heavy atom. The van der Waals surface area contributed by atoms with Crippen LogP contribution in [0.25, 0.3) is 10.4 Å². The molecule has 1 atom stereocenters. The molecule has 0 aliphatic heterocycles. The Morgan fingerprint density at radius 1 is 1.19 bits per heavy atom. The first kappa shape index (κ1) is 14.9. The summed E-state index contributed by atoms with van der Waals surface area (Å²) >= 11 is 0. The lowest BCUT2D eigenvalue weighted by Gasteiger charge is -2.18. The van der Waals surface area contributed by atoms with Gasteiger partial charge in [0.05, 0.1) is 7.11 Å². The minimum atomic E-state index is -0.0452. The van der Waals surface area contributed by atoms with Gasteiger partial charge in [0.2, 0.25) is 0 Å². The minimum absolute atomic E-state index is 0.0452. The highest BCUT2D eigenvalue weighted by atomic mass is 16.5. The lowest BCUT2D eigenvalue weighted by molar-refractivity contribution is 0.413. The van der Waals surface area contributed by atoms with Crippen LogP contribution in [0.1, 0.15) is 17.2 Å². The van der Waals surface area contributed by atoms with Gasteiger partial charge in [-0.2, -0.15) is 0 Å². The van der Waals surface area contributed by atoms with Crippen LogP contribution >= 0.6 is 0 Å². The summed E-state index contributed by atoms with van der Waals surface area (Å²) < 4.78 is 5.24. The Hall–Kier alpha value is -2.49. The van der Waals surface area contributed by atoms with Crippen LogP contribution in [0.3, 0.4) is 0 Å². The van der Waals surface area contributed by atoms with Gasteiger partial charge in [0, 0.05) is 24.0 Å². The van der Waals surface area contributed by atoms with Gasteiger partial charge in [-0.25, -0.2) is 0 Å². The first-order valence-electron chi connectivity index (χ1n) is 6.75. The fraction of sp³-hybridized carbons (Fsp3) is 0.250. The zero-order valence-corrected chi connectivity index (χ0v) is 11.9. The molecule has 1 N–H and O–H groups in total. The summed E-state index contributed by atoms with van der Waals surface area (Å²) in [6, 6.07) is 17.8. The molecule has 108 valence electrons. The molecule has 5 heteroatoms. The topological polar surface area (TPSA) is 70.0 Å². The number of nitrogens with zero attached hydrogens (tertiary/aromatic N) is 3. The minimum Gasteiger partial charge on any atom is -0.497 e. The molecule has 0 aromatic heterocycles. The first-order valence-corrected chi connectivity index (χ1v) is 6.75. The molecule has 0 bridgehead atoms. The predicted octanol–water partition coefficient (Wildman–Crippen LogP) is 3.84. The van der Waals surface area contributed by atoms with Crippen molar-refractivity contribution in [1.82, 2.24) is 5.32 Å². The van der Waals surface area contributed by atoms with E-state index in [1.807, 2.05) is 42.5 Å². The summed E-state index contributed by atoms with van der Waals surface area (Å²) in [6.07, 6.45) is 0. The SMILES string of the molecule is COc1cccc([C@H](CN=[N+]=[N-])NCc2ccccc2)c1. The molecular weight excluding hydrogens is 264 g/mol. The highest BCUT2D eigenvalue weighted by Crippen LogP contribution is 2.20. The molecular formula is C16H18N4O. The van der Waals surface area contributed by atoms with E-state index in [4.69, 9.17) is 10.3 Å². The predicted molar refractivity (Wildman–Crippen MR) is 83.0 cm³/mol. The zero-order chi connectivity index (χ0) is 14.9. The Balaban J connectivity index is 2.11. The summed E-state index contributed by atoms with van der Waals surface area (Å²) in [5.74, 6) is 0.792. The first-order chi connectivity index (χ1) is 10.3. The van der Waals surface area contributed by atoms with E-state index in [2.05, 4.69) is 27.5 Å². The van der Waals surface area contributed by atoms with Crippen LogP contribution < -0.4 is 10.1 Å². The van der Waals surface area contributed by atoms with E-state index in [9.17, 15) is 0 Å². The average Bonchev–Trinajstić information content (AvgIpc) is 2.56. The molecule has 0 fully saturated rings. The Labute approximate surface area is 124 Å². The van der Waals surface area contributed by atoms with Gasteiger partial charge in [0.25, 0.3) is 0 Å². The van der Waals surface area contributed by atoms with E-state index >= 15 is 0 Å². The van der Waals surface area contributed by atoms with Crippen molar-refractivity contribution in [3.05, 3.63) is 76.2 Å². The van der Waals surface area contributed by atoms with E-state index in [1.165, 1.54) is 5.56 Å². The van der Waals surface area contributed by atoms with Crippen molar-refractivity contribution >= 4 is 0 Å². The van der Waals surface area contributed by atoms with Gasteiger partial charge in [-0.1, -0.05) is 47.6 Å². The quantitative estimate of drug-likeness (QED) is 0.476. The van der Waals surface area contributed by atoms with Crippen LogP contribution in [0.4, 0.5) is 0 Å². The maximum atomic E-state index is 8.55. The summed E-state index contributed by atoms with van der Waals surface area (Å²) in [5.41, 5.74) is 10.8. The number of ether oxygens (including phenoxy) is 1. The van der Waals surface area contributed by atoms with Crippen molar-refractivity contribution in [1.29, 1.82) is 0 Å². The second-order valence-electron chi connectivity index (χ2n) is 4.61. The highest BCUT2D eigenvalue weighted by Gasteiger charge is 2.11. The van der Waals surface area contributed by atoms with E-state index in [-0.39, 0.29) is 6.04 Å². The van der Waals surface area contributed by atoms with Crippen molar-refractivity contribution < 1.29 is 4.74 Å². The lowest BCUT2D eigenvalue weighted by atomic mass is 10.1. The smallest absolute Gasteiger partial charge is 0.119 e. The number of nitrogens with one attached hydrogen (secondary N) is 1. The lowest BCUT2D eigenvalue weighted by Crippen LogP contribution is -2.23. The zero-order valence-electron chi connectivity index (χ0n) is 11.9. The second kappa shape index (κ2) is 7.94. The third-order valence-electron chi connectivity index (χ3n) is 3.22. The van der Waals surface area contributed by atoms with Gasteiger partial charge < -0.3 is 10.1 Å². The Bertz CT molecular complexity index is 609. The fourth-order valence-electron chi connectivity index (χ4n) is 2.10. The molecule has 2 aromatic carbocycles. The van der Waals surface area contributed by atoms with E-state index in [1.54, 1.807) is 7.11 Å². The third-order valence-corrected chi connectivity index (χ3v) is 3.22. The number of hydrogen-bond donors (Lipinski definition) is 1. The number of methoxy groups -OCH3 is 1. The van der Waals surface area contributed by atoms with Crippen molar-refractivity contribution in [3.63, 3.8) is 0 Å². The van der Waals surface area contributed by atoms with Crippen LogP contribution in [0.5, 0.6) is 5.75 Å². The average molecular weight is 282 g/mol. The van der Waals surface area contributed by atoms with Crippen LogP contribution in [-0.2, 0) is 6.54 Å². The molecule has 5 nitrogen and oxygen atoms in total. The van der Waals surface area contributed by atoms with Crippen LogP contribution in [0.2, 0.25) is 0 Å². The van der Waals surface area contributed by atoms with Crippen LogP contribution in [0.15, 0.2) is 59.7 Å². The molecule has 0 aliphatic carbocycles.